The van der Waals surface area contributed by atoms with Gasteiger partial charge < -0.3 is 14.8 Å². The van der Waals surface area contributed by atoms with Crippen LogP contribution in [0.25, 0.3) is 0 Å². The first kappa shape index (κ1) is 30.1. The smallest absolute Gasteiger partial charge is 0.328 e. The van der Waals surface area contributed by atoms with Crippen LogP contribution in [0.1, 0.15) is 63.9 Å². The molecule has 2 rings (SSSR count). The Labute approximate surface area is 199 Å². The molecule has 2 atom stereocenters. The molecule has 1 aromatic rings. The van der Waals surface area contributed by atoms with Gasteiger partial charge in [-0.15, -0.1) is 9.24 Å². The van der Waals surface area contributed by atoms with Gasteiger partial charge in [0.05, 0.1) is 17.0 Å². The van der Waals surface area contributed by atoms with Crippen LogP contribution in [0.15, 0.2) is 24.3 Å². The lowest BCUT2D eigenvalue weighted by Gasteiger charge is -2.32. The van der Waals surface area contributed by atoms with E-state index < -0.39 is 11.0 Å². The SMILES string of the molecule is C=O.CCCCCC1(C(=S)NC(Cc2ccc([N+](=O)[O-])cc2)C(=O)OC)CCCC1.CP. The topological polar surface area (TPSA) is 98.5 Å². The number of rotatable bonds is 10. The third kappa shape index (κ3) is 9.29. The van der Waals surface area contributed by atoms with Crippen LogP contribution in [0.3, 0.4) is 0 Å². The van der Waals surface area contributed by atoms with Crippen molar-refractivity contribution in [2.24, 2.45) is 5.41 Å². The first-order chi connectivity index (χ1) is 15.4. The van der Waals surface area contributed by atoms with Crippen molar-refractivity contribution in [2.45, 2.75) is 70.8 Å². The van der Waals surface area contributed by atoms with Gasteiger partial charge in [-0.3, -0.25) is 10.1 Å². The van der Waals surface area contributed by atoms with Crippen LogP contribution in [0.5, 0.6) is 0 Å². The molecule has 0 radical (unpaired) electrons. The normalized spacial score (nSPS) is 14.6. The van der Waals surface area contributed by atoms with E-state index in [0.29, 0.717) is 6.42 Å². The van der Waals surface area contributed by atoms with E-state index in [-0.39, 0.29) is 17.1 Å². The molecule has 0 bridgehead atoms. The van der Waals surface area contributed by atoms with Crippen molar-refractivity contribution < 1.29 is 19.2 Å². The van der Waals surface area contributed by atoms with Gasteiger partial charge in [-0.1, -0.05) is 70.0 Å². The highest BCUT2D eigenvalue weighted by atomic mass is 32.1. The average Bonchev–Trinajstić information content (AvgIpc) is 3.31. The number of hydrogen-bond acceptors (Lipinski definition) is 6. The van der Waals surface area contributed by atoms with Crippen LogP contribution in [-0.2, 0) is 20.7 Å². The Morgan fingerprint density at radius 3 is 2.28 bits per heavy atom. The van der Waals surface area contributed by atoms with Crippen molar-refractivity contribution in [3.8, 4) is 0 Å². The highest BCUT2D eigenvalue weighted by molar-refractivity contribution is 7.80. The molecule has 1 aliphatic carbocycles. The van der Waals surface area contributed by atoms with Gasteiger partial charge in [0.1, 0.15) is 12.8 Å². The second kappa shape index (κ2) is 16.7. The second-order valence-electron chi connectivity index (χ2n) is 7.62. The molecule has 0 heterocycles. The average molecular weight is 485 g/mol. The van der Waals surface area contributed by atoms with E-state index in [9.17, 15) is 14.9 Å². The number of methoxy groups -OCH3 is 1. The predicted octanol–water partition coefficient (Wildman–Crippen LogP) is 5.04. The van der Waals surface area contributed by atoms with Crippen LogP contribution in [0.4, 0.5) is 5.69 Å². The third-order valence-corrected chi connectivity index (χ3v) is 6.23. The van der Waals surface area contributed by atoms with Gasteiger partial charge in [0.15, 0.2) is 0 Å². The standard InChI is InChI=1S/C21H30N2O4S.CH2O.CH5P/c1-3-4-5-12-21(13-6-7-14-21)20(28)22-18(19(24)27-2)15-16-8-10-17(11-9-16)23(25)26;2*1-2/h8-11,18H,3-7,12-15H2,1-2H3,(H,22,28);1H2;2H2,1H3. The maximum Gasteiger partial charge on any atom is 0.328 e. The summed E-state index contributed by atoms with van der Waals surface area (Å²) in [5.74, 6) is -0.373. The lowest BCUT2D eigenvalue weighted by atomic mass is 9.80. The first-order valence-electron chi connectivity index (χ1n) is 10.9. The number of carbonyl (C=O) groups is 2. The molecule has 9 heteroatoms. The monoisotopic (exact) mass is 484 g/mol. The summed E-state index contributed by atoms with van der Waals surface area (Å²) >= 11 is 5.78. The molecule has 2 unspecified atom stereocenters. The van der Waals surface area contributed by atoms with E-state index in [4.69, 9.17) is 21.7 Å². The van der Waals surface area contributed by atoms with Gasteiger partial charge in [0, 0.05) is 24.0 Å². The molecule has 0 spiro atoms. The fourth-order valence-electron chi connectivity index (χ4n) is 3.99. The van der Waals surface area contributed by atoms with Gasteiger partial charge in [0.25, 0.3) is 5.69 Å². The maximum absolute atomic E-state index is 12.4. The summed E-state index contributed by atoms with van der Waals surface area (Å²) in [6, 6.07) is 5.65. The van der Waals surface area contributed by atoms with Gasteiger partial charge in [-0.2, -0.15) is 0 Å². The van der Waals surface area contributed by atoms with Crippen molar-refractivity contribution in [2.75, 3.05) is 13.8 Å². The molecule has 0 aliphatic heterocycles. The van der Waals surface area contributed by atoms with Crippen LogP contribution in [0.2, 0.25) is 0 Å². The van der Waals surface area contributed by atoms with Gasteiger partial charge in [0.2, 0.25) is 0 Å². The number of carbonyl (C=O) groups excluding carboxylic acids is 2. The lowest BCUT2D eigenvalue weighted by molar-refractivity contribution is -0.384. The zero-order valence-corrected chi connectivity index (χ0v) is 21.4. The molecule has 1 fully saturated rings. The Hall–Kier alpha value is -1.92. The van der Waals surface area contributed by atoms with Crippen LogP contribution in [0, 0.1) is 15.5 Å². The number of hydrogen-bond donors (Lipinski definition) is 1. The summed E-state index contributed by atoms with van der Waals surface area (Å²) in [7, 11) is 3.78. The summed E-state index contributed by atoms with van der Waals surface area (Å²) in [6.07, 6.45) is 9.38. The molecule has 1 aromatic carbocycles. The zero-order chi connectivity index (χ0) is 24.6. The summed E-state index contributed by atoms with van der Waals surface area (Å²) in [5.41, 5.74) is 0.831. The molecule has 0 aromatic heterocycles. The summed E-state index contributed by atoms with van der Waals surface area (Å²) in [5, 5.41) is 14.1. The number of unbranched alkanes of at least 4 members (excludes halogenated alkanes) is 2. The molecular weight excluding hydrogens is 447 g/mol. The molecule has 0 saturated heterocycles. The number of ether oxygens (including phenoxy) is 1. The molecule has 180 valence electrons. The molecule has 1 N–H and O–H groups in total. The van der Waals surface area contributed by atoms with Crippen molar-refractivity contribution in [3.05, 3.63) is 39.9 Å². The fraction of sp³-hybridized carbons (Fsp3) is 0.609. The van der Waals surface area contributed by atoms with Crippen molar-refractivity contribution in [3.63, 3.8) is 0 Å². The van der Waals surface area contributed by atoms with Crippen molar-refractivity contribution in [1.29, 1.82) is 0 Å². The number of thiocarbonyl (C=S) groups is 1. The number of nitro benzene ring substituents is 1. The molecule has 1 saturated carbocycles. The highest BCUT2D eigenvalue weighted by Gasteiger charge is 2.39. The molecular formula is C23H37N2O5PS. The highest BCUT2D eigenvalue weighted by Crippen LogP contribution is 2.43. The van der Waals surface area contributed by atoms with Crippen LogP contribution in [-0.4, -0.2) is 42.5 Å². The summed E-state index contributed by atoms with van der Waals surface area (Å²) in [4.78, 5) is 31.5. The molecule has 7 nitrogen and oxygen atoms in total. The summed E-state index contributed by atoms with van der Waals surface area (Å²) in [6.45, 7) is 6.11. The quantitative estimate of drug-likeness (QED) is 0.124. The Bertz CT molecular complexity index is 709. The lowest BCUT2D eigenvalue weighted by Crippen LogP contribution is -2.48. The molecule has 0 amide bonds. The minimum Gasteiger partial charge on any atom is -0.467 e. The second-order valence-corrected chi connectivity index (χ2v) is 8.03. The fourth-order valence-corrected chi connectivity index (χ4v) is 4.44. The minimum atomic E-state index is -0.595. The Balaban J connectivity index is 0.00000227. The van der Waals surface area contributed by atoms with Crippen molar-refractivity contribution in [1.82, 2.24) is 5.32 Å². The number of non-ortho nitro benzene ring substituents is 1. The number of nitro groups is 1. The third-order valence-electron chi connectivity index (χ3n) is 5.68. The van der Waals surface area contributed by atoms with Gasteiger partial charge >= 0.3 is 5.97 Å². The zero-order valence-electron chi connectivity index (χ0n) is 19.4. The predicted molar refractivity (Wildman–Crippen MR) is 136 cm³/mol. The number of nitrogens with zero attached hydrogens (tertiary/aromatic N) is 1. The number of esters is 1. The van der Waals surface area contributed by atoms with E-state index in [1.807, 2.05) is 13.5 Å². The largest absolute Gasteiger partial charge is 0.467 e. The van der Waals surface area contributed by atoms with Gasteiger partial charge in [-0.05, 0) is 24.8 Å². The first-order valence-corrected chi connectivity index (χ1v) is 12.5. The Morgan fingerprint density at radius 1 is 1.25 bits per heavy atom. The maximum atomic E-state index is 12.4. The van der Waals surface area contributed by atoms with Crippen molar-refractivity contribution >= 4 is 44.9 Å². The number of nitrogens with one attached hydrogen (secondary N) is 1. The Morgan fingerprint density at radius 2 is 1.81 bits per heavy atom. The van der Waals surface area contributed by atoms with E-state index in [1.165, 1.54) is 44.9 Å². The Kier molecular flexibility index (Phi) is 15.7. The van der Waals surface area contributed by atoms with E-state index in [2.05, 4.69) is 21.5 Å². The van der Waals surface area contributed by atoms with E-state index in [1.54, 1.807) is 12.1 Å². The number of benzene rings is 1. The van der Waals surface area contributed by atoms with Crippen LogP contribution >= 0.6 is 21.5 Å². The van der Waals surface area contributed by atoms with E-state index >= 15 is 0 Å². The van der Waals surface area contributed by atoms with Gasteiger partial charge in [-0.25, -0.2) is 4.79 Å². The van der Waals surface area contributed by atoms with Crippen LogP contribution < -0.4 is 5.32 Å². The summed E-state index contributed by atoms with van der Waals surface area (Å²) < 4.78 is 4.97. The molecule has 1 aliphatic rings. The molecule has 32 heavy (non-hydrogen) atoms. The van der Waals surface area contributed by atoms with E-state index in [0.717, 1.165) is 36.2 Å². The minimum absolute atomic E-state index is 0.0216.